The molecule has 0 aromatic heterocycles. The molecule has 5 heteroatoms. The van der Waals surface area contributed by atoms with Crippen molar-refractivity contribution >= 4 is 24.5 Å². The summed E-state index contributed by atoms with van der Waals surface area (Å²) in [4.78, 5) is 12.5. The topological polar surface area (TPSA) is 26.3 Å². The number of ketones is 1. The van der Waals surface area contributed by atoms with E-state index >= 15 is 0 Å². The maximum absolute atomic E-state index is 13.3. The summed E-state index contributed by atoms with van der Waals surface area (Å²) < 4.78 is 33.0. The van der Waals surface area contributed by atoms with Gasteiger partial charge < -0.3 is 4.43 Å². The van der Waals surface area contributed by atoms with Gasteiger partial charge in [-0.1, -0.05) is 88.0 Å². The molecule has 0 bridgehead atoms. The van der Waals surface area contributed by atoms with Gasteiger partial charge in [0.05, 0.1) is 6.61 Å². The van der Waals surface area contributed by atoms with Crippen LogP contribution in [-0.2, 0) is 9.22 Å². The minimum absolute atomic E-state index is 0.106. The first-order valence-corrected chi connectivity index (χ1v) is 11.2. The summed E-state index contributed by atoms with van der Waals surface area (Å²) in [5, 5.41) is 1.78. The van der Waals surface area contributed by atoms with E-state index in [1.54, 1.807) is 0 Å². The highest BCUT2D eigenvalue weighted by molar-refractivity contribution is 6.99. The quantitative estimate of drug-likeness (QED) is 0.471. The zero-order chi connectivity index (χ0) is 21.0. The van der Waals surface area contributed by atoms with Crippen molar-refractivity contribution < 1.29 is 18.0 Å². The standard InChI is InChI=1S/C23H28F2O2Si/c1-18(16-23(5,24)25)21(26)17-27-28(22(2,3)4,19-12-8-6-9-13-19)20-14-10-7-11-15-20/h6-15H,1,16-17H2,2-5H3. The molecule has 0 radical (unpaired) electrons. The van der Waals surface area contributed by atoms with E-state index < -0.39 is 26.4 Å². The lowest BCUT2D eigenvalue weighted by atomic mass is 10.1. The largest absolute Gasteiger partial charge is 0.400 e. The third kappa shape index (κ3) is 5.03. The molecule has 0 unspecified atom stereocenters. The Morgan fingerprint density at radius 3 is 1.71 bits per heavy atom. The zero-order valence-corrected chi connectivity index (χ0v) is 18.0. The third-order valence-corrected chi connectivity index (χ3v) is 9.74. The van der Waals surface area contributed by atoms with Crippen LogP contribution in [0.15, 0.2) is 72.8 Å². The fourth-order valence-corrected chi connectivity index (χ4v) is 8.01. The first-order chi connectivity index (χ1) is 13.0. The summed E-state index contributed by atoms with van der Waals surface area (Å²) in [5.41, 5.74) is -0.106. The number of halogens is 2. The minimum atomic E-state index is -2.97. The van der Waals surface area contributed by atoms with Crippen molar-refractivity contribution in [3.63, 3.8) is 0 Å². The van der Waals surface area contributed by atoms with E-state index in [0.29, 0.717) is 0 Å². The van der Waals surface area contributed by atoms with E-state index in [-0.39, 0.29) is 17.2 Å². The Morgan fingerprint density at radius 1 is 0.929 bits per heavy atom. The number of hydrogen-bond acceptors (Lipinski definition) is 2. The molecular formula is C23H28F2O2Si. The molecule has 2 aromatic rings. The number of rotatable bonds is 8. The number of carbonyl (C=O) groups excluding carboxylic acids is 1. The van der Waals surface area contributed by atoms with Crippen LogP contribution < -0.4 is 10.4 Å². The molecule has 2 nitrogen and oxygen atoms in total. The number of benzene rings is 2. The smallest absolute Gasteiger partial charge is 0.261 e. The Bertz CT molecular complexity index is 766. The lowest BCUT2D eigenvalue weighted by molar-refractivity contribution is -0.118. The van der Waals surface area contributed by atoms with Crippen molar-refractivity contribution in [2.24, 2.45) is 0 Å². The molecule has 0 atom stereocenters. The second-order valence-electron chi connectivity index (χ2n) is 8.23. The van der Waals surface area contributed by atoms with Gasteiger partial charge in [-0.05, 0) is 27.9 Å². The van der Waals surface area contributed by atoms with Crippen molar-refractivity contribution in [1.82, 2.24) is 0 Å². The average Bonchev–Trinajstić information content (AvgIpc) is 2.61. The van der Waals surface area contributed by atoms with Crippen molar-refractivity contribution in [1.29, 1.82) is 0 Å². The van der Waals surface area contributed by atoms with Crippen LogP contribution in [0.5, 0.6) is 0 Å². The Balaban J connectivity index is 2.45. The van der Waals surface area contributed by atoms with Crippen LogP contribution in [0.25, 0.3) is 0 Å². The molecular weight excluding hydrogens is 374 g/mol. The highest BCUT2D eigenvalue weighted by Gasteiger charge is 2.50. The monoisotopic (exact) mass is 402 g/mol. The van der Waals surface area contributed by atoms with Crippen LogP contribution in [0.1, 0.15) is 34.1 Å². The Labute approximate surface area is 167 Å². The molecule has 2 rings (SSSR count). The molecule has 28 heavy (non-hydrogen) atoms. The van der Waals surface area contributed by atoms with E-state index in [4.69, 9.17) is 4.43 Å². The molecule has 0 spiro atoms. The molecule has 0 amide bonds. The van der Waals surface area contributed by atoms with Crippen LogP contribution in [0.4, 0.5) is 8.78 Å². The van der Waals surface area contributed by atoms with Gasteiger partial charge in [0.1, 0.15) is 0 Å². The maximum atomic E-state index is 13.3. The van der Waals surface area contributed by atoms with Crippen molar-refractivity contribution in [3.8, 4) is 0 Å². The summed E-state index contributed by atoms with van der Waals surface area (Å²) in [7, 11) is -2.87. The van der Waals surface area contributed by atoms with Crippen LogP contribution >= 0.6 is 0 Å². The summed E-state index contributed by atoms with van der Waals surface area (Å²) >= 11 is 0. The van der Waals surface area contributed by atoms with Gasteiger partial charge in [-0.3, -0.25) is 4.79 Å². The predicted molar refractivity (Wildman–Crippen MR) is 113 cm³/mol. The predicted octanol–water partition coefficient (Wildman–Crippen LogP) is 4.73. The second kappa shape index (κ2) is 8.49. The van der Waals surface area contributed by atoms with Gasteiger partial charge in [0.2, 0.25) is 5.92 Å². The van der Waals surface area contributed by atoms with Crippen LogP contribution in [-0.4, -0.2) is 26.6 Å². The summed E-state index contributed by atoms with van der Waals surface area (Å²) in [6.45, 7) is 10.4. The summed E-state index contributed by atoms with van der Waals surface area (Å²) in [5.74, 6) is -3.45. The molecule has 0 saturated heterocycles. The van der Waals surface area contributed by atoms with E-state index in [1.165, 1.54) is 0 Å². The van der Waals surface area contributed by atoms with Crippen molar-refractivity contribution in [3.05, 3.63) is 72.8 Å². The second-order valence-corrected chi connectivity index (χ2v) is 12.5. The molecule has 0 heterocycles. The number of alkyl halides is 2. The average molecular weight is 403 g/mol. The van der Waals surface area contributed by atoms with Gasteiger partial charge in [-0.2, -0.15) is 0 Å². The zero-order valence-electron chi connectivity index (χ0n) is 17.0. The van der Waals surface area contributed by atoms with E-state index in [1.807, 2.05) is 60.7 Å². The molecule has 0 N–H and O–H groups in total. The number of hydrogen-bond donors (Lipinski definition) is 0. The van der Waals surface area contributed by atoms with E-state index in [0.717, 1.165) is 17.3 Å². The molecule has 150 valence electrons. The molecule has 0 aliphatic rings. The Hall–Kier alpha value is -2.11. The van der Waals surface area contributed by atoms with Gasteiger partial charge in [0.25, 0.3) is 8.32 Å². The third-order valence-electron chi connectivity index (χ3n) is 4.75. The highest BCUT2D eigenvalue weighted by atomic mass is 28.4. The van der Waals surface area contributed by atoms with Crippen molar-refractivity contribution in [2.75, 3.05) is 6.61 Å². The minimum Gasteiger partial charge on any atom is -0.400 e. The van der Waals surface area contributed by atoms with E-state index in [2.05, 4.69) is 27.4 Å². The first kappa shape index (κ1) is 22.2. The summed E-state index contributed by atoms with van der Waals surface area (Å²) in [6.07, 6.45) is -0.657. The molecule has 0 saturated carbocycles. The number of Topliss-reactive ketones (excluding diaryl/α,β-unsaturated/α-hetero) is 1. The lowest BCUT2D eigenvalue weighted by Crippen LogP contribution is -2.67. The lowest BCUT2D eigenvalue weighted by Gasteiger charge is -2.42. The fourth-order valence-electron chi connectivity index (χ4n) is 3.51. The maximum Gasteiger partial charge on any atom is 0.261 e. The SMILES string of the molecule is C=C(CC(C)(F)F)C(=O)CO[Si](c1ccccc1)(c1ccccc1)C(C)(C)C. The van der Waals surface area contributed by atoms with Crippen LogP contribution in [0.3, 0.4) is 0 Å². The van der Waals surface area contributed by atoms with Gasteiger partial charge in [-0.25, -0.2) is 8.78 Å². The van der Waals surface area contributed by atoms with Gasteiger partial charge in [0, 0.05) is 6.42 Å². The van der Waals surface area contributed by atoms with E-state index in [9.17, 15) is 13.6 Å². The Kier molecular flexibility index (Phi) is 6.73. The van der Waals surface area contributed by atoms with Crippen LogP contribution in [0, 0.1) is 0 Å². The fraction of sp³-hybridized carbons (Fsp3) is 0.348. The van der Waals surface area contributed by atoms with Crippen molar-refractivity contribution in [2.45, 2.75) is 45.1 Å². The molecule has 2 aromatic carbocycles. The molecule has 0 fully saturated rings. The molecule has 0 aliphatic heterocycles. The first-order valence-electron chi connectivity index (χ1n) is 9.31. The van der Waals surface area contributed by atoms with Gasteiger partial charge in [-0.15, -0.1) is 0 Å². The number of carbonyl (C=O) groups is 1. The van der Waals surface area contributed by atoms with Crippen LogP contribution in [0.2, 0.25) is 5.04 Å². The molecule has 0 aliphatic carbocycles. The Morgan fingerprint density at radius 2 is 1.36 bits per heavy atom. The summed E-state index contributed by atoms with van der Waals surface area (Å²) in [6, 6.07) is 19.8. The van der Waals surface area contributed by atoms with Gasteiger partial charge in [0.15, 0.2) is 5.78 Å². The highest BCUT2D eigenvalue weighted by Crippen LogP contribution is 2.36. The normalized spacial score (nSPS) is 12.6. The van der Waals surface area contributed by atoms with Gasteiger partial charge >= 0.3 is 0 Å².